The zero-order valence-electron chi connectivity index (χ0n) is 13.7. The fourth-order valence-corrected chi connectivity index (χ4v) is 3.24. The number of carbonyl (C=O) groups excluding carboxylic acids is 1. The van der Waals surface area contributed by atoms with Crippen LogP contribution in [0.1, 0.15) is 27.5 Å². The summed E-state index contributed by atoms with van der Waals surface area (Å²) in [4.78, 5) is 30.3. The van der Waals surface area contributed by atoms with Crippen LogP contribution in [0.5, 0.6) is 0 Å². The van der Waals surface area contributed by atoms with Crippen molar-refractivity contribution < 1.29 is 19.5 Å². The number of benzene rings is 2. The van der Waals surface area contributed by atoms with Crippen molar-refractivity contribution in [3.63, 3.8) is 0 Å². The fourth-order valence-electron chi connectivity index (χ4n) is 3.11. The number of Topliss-reactive ketones (excluding diaryl/α,β-unsaturated/α-hetero) is 1. The highest BCUT2D eigenvalue weighted by Gasteiger charge is 2.34. The summed E-state index contributed by atoms with van der Waals surface area (Å²) in [6, 6.07) is 13.4. The van der Waals surface area contributed by atoms with Crippen LogP contribution >= 0.6 is 11.6 Å². The number of hydrogen-bond donors (Lipinski definition) is 1. The normalized spacial score (nSPS) is 12.1. The standard InChI is InChI=1S/C19H16ClNO4/c1-11-16(14-5-3-4-6-15(14)21(11)25-2)17(19(23)24)18(22)12-7-9-13(20)10-8-12/h3-10,17H,1-2H3,(H,23,24). The molecule has 3 aromatic rings. The van der Waals surface area contributed by atoms with Crippen LogP contribution in [-0.2, 0) is 4.79 Å². The van der Waals surface area contributed by atoms with Gasteiger partial charge in [0.25, 0.3) is 0 Å². The molecule has 0 aliphatic heterocycles. The highest BCUT2D eigenvalue weighted by molar-refractivity contribution is 6.30. The molecule has 128 valence electrons. The van der Waals surface area contributed by atoms with Gasteiger partial charge in [-0.05, 0) is 37.3 Å². The highest BCUT2D eigenvalue weighted by atomic mass is 35.5. The van der Waals surface area contributed by atoms with E-state index >= 15 is 0 Å². The molecule has 1 N–H and O–H groups in total. The second-order valence-electron chi connectivity index (χ2n) is 5.64. The molecule has 0 bridgehead atoms. The van der Waals surface area contributed by atoms with Gasteiger partial charge in [-0.3, -0.25) is 9.59 Å². The Bertz CT molecular complexity index is 959. The number of aromatic nitrogens is 1. The van der Waals surface area contributed by atoms with E-state index in [9.17, 15) is 14.7 Å². The average molecular weight is 358 g/mol. The molecule has 0 saturated heterocycles. The number of carboxylic acid groups (broad SMARTS) is 1. The Morgan fingerprint density at radius 3 is 2.36 bits per heavy atom. The van der Waals surface area contributed by atoms with Crippen LogP contribution in [-0.4, -0.2) is 28.7 Å². The Hall–Kier alpha value is -2.79. The first-order valence-corrected chi connectivity index (χ1v) is 8.00. The zero-order chi connectivity index (χ0) is 18.1. The van der Waals surface area contributed by atoms with Gasteiger partial charge in [-0.2, -0.15) is 4.73 Å². The van der Waals surface area contributed by atoms with Gasteiger partial charge >= 0.3 is 5.97 Å². The molecule has 0 radical (unpaired) electrons. The smallest absolute Gasteiger partial charge is 0.319 e. The molecule has 1 unspecified atom stereocenters. The van der Waals surface area contributed by atoms with Crippen molar-refractivity contribution in [2.45, 2.75) is 12.8 Å². The molecular formula is C19H16ClNO4. The van der Waals surface area contributed by atoms with E-state index in [1.54, 1.807) is 31.2 Å². The molecule has 2 aromatic carbocycles. The fraction of sp³-hybridized carbons (Fsp3) is 0.158. The summed E-state index contributed by atoms with van der Waals surface area (Å²) in [7, 11) is 1.50. The number of fused-ring (bicyclic) bond motifs is 1. The molecule has 0 aliphatic rings. The largest absolute Gasteiger partial charge is 0.480 e. The van der Waals surface area contributed by atoms with Crippen molar-refractivity contribution in [3.8, 4) is 0 Å². The first kappa shape index (κ1) is 17.0. The number of rotatable bonds is 5. The maximum Gasteiger partial charge on any atom is 0.319 e. The van der Waals surface area contributed by atoms with E-state index in [4.69, 9.17) is 16.4 Å². The summed E-state index contributed by atoms with van der Waals surface area (Å²) in [6.45, 7) is 1.74. The highest BCUT2D eigenvalue weighted by Crippen LogP contribution is 2.33. The summed E-state index contributed by atoms with van der Waals surface area (Å²) in [6.07, 6.45) is 0. The first-order chi connectivity index (χ1) is 12.0. The molecule has 5 nitrogen and oxygen atoms in total. The van der Waals surface area contributed by atoms with E-state index < -0.39 is 17.7 Å². The predicted molar refractivity (Wildman–Crippen MR) is 95.3 cm³/mol. The van der Waals surface area contributed by atoms with E-state index in [2.05, 4.69) is 0 Å². The maximum atomic E-state index is 12.9. The molecule has 0 amide bonds. The molecule has 0 saturated carbocycles. The Labute approximate surface area is 149 Å². The minimum absolute atomic E-state index is 0.297. The lowest BCUT2D eigenvalue weighted by molar-refractivity contribution is -0.137. The van der Waals surface area contributed by atoms with E-state index in [1.807, 2.05) is 12.1 Å². The van der Waals surface area contributed by atoms with Gasteiger partial charge in [-0.15, -0.1) is 0 Å². The number of ketones is 1. The molecule has 0 aliphatic carbocycles. The zero-order valence-corrected chi connectivity index (χ0v) is 14.4. The van der Waals surface area contributed by atoms with Crippen molar-refractivity contribution in [2.75, 3.05) is 7.11 Å². The third-order valence-electron chi connectivity index (χ3n) is 4.22. The Morgan fingerprint density at radius 2 is 1.76 bits per heavy atom. The van der Waals surface area contributed by atoms with Crippen molar-refractivity contribution in [1.82, 2.24) is 4.73 Å². The third-order valence-corrected chi connectivity index (χ3v) is 4.47. The summed E-state index contributed by atoms with van der Waals surface area (Å²) >= 11 is 5.85. The SMILES string of the molecule is COn1c(C)c(C(C(=O)O)C(=O)c2ccc(Cl)cc2)c2ccccc21. The molecular weight excluding hydrogens is 342 g/mol. The molecule has 6 heteroatoms. The average Bonchev–Trinajstić information content (AvgIpc) is 2.87. The van der Waals surface area contributed by atoms with Crippen LogP contribution in [0.15, 0.2) is 48.5 Å². The van der Waals surface area contributed by atoms with E-state index in [0.29, 0.717) is 32.7 Å². The van der Waals surface area contributed by atoms with E-state index in [1.165, 1.54) is 24.0 Å². The van der Waals surface area contributed by atoms with E-state index in [-0.39, 0.29) is 0 Å². The van der Waals surface area contributed by atoms with Crippen LogP contribution in [0, 0.1) is 6.92 Å². The minimum atomic E-state index is -1.33. The lowest BCUT2D eigenvalue weighted by atomic mass is 9.89. The van der Waals surface area contributed by atoms with Gasteiger partial charge in [-0.1, -0.05) is 29.8 Å². The predicted octanol–water partition coefficient (Wildman–Crippen LogP) is 3.71. The molecule has 1 atom stereocenters. The van der Waals surface area contributed by atoms with Gasteiger partial charge in [0.1, 0.15) is 13.0 Å². The number of para-hydroxylation sites is 1. The quantitative estimate of drug-likeness (QED) is 0.558. The Kier molecular flexibility index (Phi) is 4.51. The molecule has 1 heterocycles. The molecule has 0 fully saturated rings. The van der Waals surface area contributed by atoms with Crippen LogP contribution in [0.2, 0.25) is 5.02 Å². The molecule has 3 rings (SSSR count). The number of carbonyl (C=O) groups is 2. The van der Waals surface area contributed by atoms with Crippen molar-refractivity contribution in [3.05, 3.63) is 70.4 Å². The first-order valence-electron chi connectivity index (χ1n) is 7.62. The molecule has 25 heavy (non-hydrogen) atoms. The number of aliphatic carboxylic acids is 1. The van der Waals surface area contributed by atoms with E-state index in [0.717, 1.165) is 0 Å². The maximum absolute atomic E-state index is 12.9. The van der Waals surface area contributed by atoms with Crippen LogP contribution in [0.3, 0.4) is 0 Å². The second kappa shape index (κ2) is 6.61. The monoisotopic (exact) mass is 357 g/mol. The summed E-state index contributed by atoms with van der Waals surface area (Å²) in [5, 5.41) is 10.9. The second-order valence-corrected chi connectivity index (χ2v) is 6.07. The summed E-state index contributed by atoms with van der Waals surface area (Å²) in [5.41, 5.74) is 2.03. The van der Waals surface area contributed by atoms with Gasteiger partial charge in [0.05, 0.1) is 11.2 Å². The summed E-state index contributed by atoms with van der Waals surface area (Å²) in [5.74, 6) is -3.03. The van der Waals surface area contributed by atoms with Crippen LogP contribution < -0.4 is 4.84 Å². The van der Waals surface area contributed by atoms with Gasteiger partial charge < -0.3 is 9.94 Å². The van der Waals surface area contributed by atoms with Crippen molar-refractivity contribution in [1.29, 1.82) is 0 Å². The van der Waals surface area contributed by atoms with Crippen molar-refractivity contribution >= 4 is 34.3 Å². The van der Waals surface area contributed by atoms with Gasteiger partial charge in [0.2, 0.25) is 0 Å². The van der Waals surface area contributed by atoms with Gasteiger partial charge in [0, 0.05) is 21.5 Å². The lowest BCUT2D eigenvalue weighted by Crippen LogP contribution is -2.23. The number of halogens is 1. The number of hydrogen-bond acceptors (Lipinski definition) is 3. The third kappa shape index (κ3) is 2.87. The number of nitrogens with zero attached hydrogens (tertiary/aromatic N) is 1. The van der Waals surface area contributed by atoms with Crippen LogP contribution in [0.4, 0.5) is 0 Å². The molecule has 1 aromatic heterocycles. The molecule has 0 spiro atoms. The summed E-state index contributed by atoms with van der Waals surface area (Å²) < 4.78 is 1.54. The number of carboxylic acids is 1. The Morgan fingerprint density at radius 1 is 1.12 bits per heavy atom. The van der Waals surface area contributed by atoms with Crippen LogP contribution in [0.25, 0.3) is 10.9 Å². The minimum Gasteiger partial charge on any atom is -0.480 e. The Balaban J connectivity index is 2.21. The van der Waals surface area contributed by atoms with Crippen molar-refractivity contribution in [2.24, 2.45) is 0 Å². The topological polar surface area (TPSA) is 68.5 Å². The lowest BCUT2D eigenvalue weighted by Gasteiger charge is -2.13. The van der Waals surface area contributed by atoms with Gasteiger partial charge in [-0.25, -0.2) is 0 Å². The van der Waals surface area contributed by atoms with Gasteiger partial charge in [0.15, 0.2) is 5.78 Å².